The van der Waals surface area contributed by atoms with E-state index in [0.29, 0.717) is 19.7 Å². The fraction of sp³-hybridized carbons (Fsp3) is 0.750. The van der Waals surface area contributed by atoms with Gasteiger partial charge in [0, 0.05) is 52.6 Å². The van der Waals surface area contributed by atoms with E-state index in [9.17, 15) is 14.4 Å². The lowest BCUT2D eigenvalue weighted by molar-refractivity contribution is -0.138. The van der Waals surface area contributed by atoms with Crippen LogP contribution in [0.1, 0.15) is 19.3 Å². The first-order chi connectivity index (χ1) is 9.15. The van der Waals surface area contributed by atoms with E-state index in [4.69, 9.17) is 4.74 Å². The molecule has 1 aliphatic heterocycles. The first kappa shape index (κ1) is 18.8. The van der Waals surface area contributed by atoms with Crippen molar-refractivity contribution >= 4 is 30.1 Å². The summed E-state index contributed by atoms with van der Waals surface area (Å²) in [6.45, 7) is 2.73. The smallest absolute Gasteiger partial charge is 0.229 e. The van der Waals surface area contributed by atoms with E-state index in [1.807, 2.05) is 0 Å². The highest BCUT2D eigenvalue weighted by atomic mass is 35.5. The molecule has 1 aliphatic rings. The van der Waals surface area contributed by atoms with Crippen LogP contribution in [0.25, 0.3) is 0 Å². The molecule has 1 saturated heterocycles. The van der Waals surface area contributed by atoms with Gasteiger partial charge in [0.15, 0.2) is 0 Å². The lowest BCUT2D eigenvalue weighted by Gasteiger charge is -2.13. The average Bonchev–Trinajstić information content (AvgIpc) is 2.71. The minimum Gasteiger partial charge on any atom is -0.383 e. The second-order valence-corrected chi connectivity index (χ2v) is 4.28. The molecule has 1 heterocycles. The van der Waals surface area contributed by atoms with Crippen LogP contribution in [0.5, 0.6) is 0 Å². The maximum Gasteiger partial charge on any atom is 0.229 e. The number of ether oxygens (including phenoxy) is 1. The van der Waals surface area contributed by atoms with Crippen molar-refractivity contribution in [3.8, 4) is 0 Å². The van der Waals surface area contributed by atoms with E-state index in [-0.39, 0.29) is 55.9 Å². The predicted octanol–water partition coefficient (Wildman–Crippen LogP) is -0.700. The monoisotopic (exact) mass is 307 g/mol. The molecule has 116 valence electrons. The quantitative estimate of drug-likeness (QED) is 0.434. The van der Waals surface area contributed by atoms with E-state index < -0.39 is 0 Å². The molecule has 1 fully saturated rings. The number of carbonyl (C=O) groups is 3. The summed E-state index contributed by atoms with van der Waals surface area (Å²) in [4.78, 5) is 35.3. The Hall–Kier alpha value is -1.18. The average molecular weight is 308 g/mol. The highest BCUT2D eigenvalue weighted by molar-refractivity contribution is 6.02. The van der Waals surface area contributed by atoms with Gasteiger partial charge in [-0.25, -0.2) is 0 Å². The van der Waals surface area contributed by atoms with Gasteiger partial charge >= 0.3 is 0 Å². The molecule has 0 atom stereocenters. The van der Waals surface area contributed by atoms with Crippen LogP contribution >= 0.6 is 12.4 Å². The predicted molar refractivity (Wildman–Crippen MR) is 75.6 cm³/mol. The number of nitrogens with one attached hydrogen (secondary N) is 2. The molecule has 0 saturated carbocycles. The van der Waals surface area contributed by atoms with Gasteiger partial charge in [-0.1, -0.05) is 0 Å². The van der Waals surface area contributed by atoms with Crippen molar-refractivity contribution in [3.05, 3.63) is 0 Å². The van der Waals surface area contributed by atoms with Crippen molar-refractivity contribution in [1.29, 1.82) is 0 Å². The van der Waals surface area contributed by atoms with E-state index in [1.54, 1.807) is 7.11 Å². The number of likely N-dealkylation sites (tertiary alicyclic amines) is 1. The van der Waals surface area contributed by atoms with Gasteiger partial charge in [-0.2, -0.15) is 0 Å². The van der Waals surface area contributed by atoms with Crippen LogP contribution < -0.4 is 10.6 Å². The maximum atomic E-state index is 11.5. The molecule has 7 nitrogen and oxygen atoms in total. The van der Waals surface area contributed by atoms with Gasteiger partial charge in [-0.05, 0) is 0 Å². The molecule has 0 aliphatic carbocycles. The molecule has 0 unspecified atom stereocenters. The molecule has 3 amide bonds. The second kappa shape index (κ2) is 10.6. The number of amides is 3. The number of methoxy groups -OCH3 is 1. The molecule has 0 radical (unpaired) electrons. The molecule has 8 heteroatoms. The third-order valence-corrected chi connectivity index (χ3v) is 2.82. The molecule has 0 aromatic heterocycles. The lowest BCUT2D eigenvalue weighted by atomic mass is 10.3. The summed E-state index contributed by atoms with van der Waals surface area (Å²) >= 11 is 0. The molecular formula is C12H22ClN3O4. The number of hydrogen-bond acceptors (Lipinski definition) is 5. The van der Waals surface area contributed by atoms with Crippen LogP contribution in [-0.2, 0) is 19.1 Å². The summed E-state index contributed by atoms with van der Waals surface area (Å²) in [7, 11) is 1.63. The highest BCUT2D eigenvalue weighted by Gasteiger charge is 2.28. The van der Waals surface area contributed by atoms with Gasteiger partial charge in [-0.3, -0.25) is 19.3 Å². The number of nitrogens with zero attached hydrogens (tertiary/aromatic N) is 1. The standard InChI is InChI=1S/C12H21N3O4.ClH/c1-19-9-7-13-5-6-14-10(16)4-8-15-11(17)2-3-12(15)18;/h13H,2-9H2,1H3,(H,14,16);1H. The Morgan fingerprint density at radius 1 is 1.20 bits per heavy atom. The molecule has 2 N–H and O–H groups in total. The summed E-state index contributed by atoms with van der Waals surface area (Å²) in [5.41, 5.74) is 0. The van der Waals surface area contributed by atoms with Crippen molar-refractivity contribution in [1.82, 2.24) is 15.5 Å². The van der Waals surface area contributed by atoms with Crippen LogP contribution in [0.2, 0.25) is 0 Å². The van der Waals surface area contributed by atoms with Gasteiger partial charge in [-0.15, -0.1) is 12.4 Å². The van der Waals surface area contributed by atoms with Crippen LogP contribution in [0.15, 0.2) is 0 Å². The molecule has 0 aromatic carbocycles. The molecule has 1 rings (SSSR count). The Balaban J connectivity index is 0.00000361. The Morgan fingerprint density at radius 2 is 1.85 bits per heavy atom. The first-order valence-corrected chi connectivity index (χ1v) is 6.44. The maximum absolute atomic E-state index is 11.5. The summed E-state index contributed by atoms with van der Waals surface area (Å²) in [6.07, 6.45) is 0.698. The van der Waals surface area contributed by atoms with E-state index in [0.717, 1.165) is 11.4 Å². The zero-order valence-corrected chi connectivity index (χ0v) is 12.5. The number of rotatable bonds is 9. The fourth-order valence-electron chi connectivity index (χ4n) is 1.76. The van der Waals surface area contributed by atoms with E-state index >= 15 is 0 Å². The third-order valence-electron chi connectivity index (χ3n) is 2.82. The molecule has 0 spiro atoms. The summed E-state index contributed by atoms with van der Waals surface area (Å²) in [6, 6.07) is 0. The van der Waals surface area contributed by atoms with Gasteiger partial charge in [0.1, 0.15) is 0 Å². The minimum absolute atomic E-state index is 0. The fourth-order valence-corrected chi connectivity index (χ4v) is 1.76. The number of halogens is 1. The summed E-state index contributed by atoms with van der Waals surface area (Å²) in [5.74, 6) is -0.515. The zero-order valence-electron chi connectivity index (χ0n) is 11.6. The Kier molecular flexibility index (Phi) is 9.96. The normalized spacial score (nSPS) is 14.3. The second-order valence-electron chi connectivity index (χ2n) is 4.28. The number of carbonyl (C=O) groups excluding carboxylic acids is 3. The van der Waals surface area contributed by atoms with Crippen LogP contribution in [0.3, 0.4) is 0 Å². The topological polar surface area (TPSA) is 87.7 Å². The summed E-state index contributed by atoms with van der Waals surface area (Å²) in [5, 5.41) is 5.82. The summed E-state index contributed by atoms with van der Waals surface area (Å²) < 4.78 is 4.87. The van der Waals surface area contributed by atoms with Crippen molar-refractivity contribution < 1.29 is 19.1 Å². The molecule has 20 heavy (non-hydrogen) atoms. The van der Waals surface area contributed by atoms with Gasteiger partial charge in [0.05, 0.1) is 6.61 Å². The Bertz CT molecular complexity index is 323. The van der Waals surface area contributed by atoms with Crippen molar-refractivity contribution in [2.24, 2.45) is 0 Å². The third kappa shape index (κ3) is 6.83. The Morgan fingerprint density at radius 3 is 2.45 bits per heavy atom. The van der Waals surface area contributed by atoms with E-state index in [2.05, 4.69) is 10.6 Å². The lowest BCUT2D eigenvalue weighted by Crippen LogP contribution is -2.36. The molecule has 0 aromatic rings. The van der Waals surface area contributed by atoms with E-state index in [1.165, 1.54) is 0 Å². The van der Waals surface area contributed by atoms with Gasteiger partial charge in [0.25, 0.3) is 0 Å². The number of imide groups is 1. The van der Waals surface area contributed by atoms with Crippen LogP contribution in [0, 0.1) is 0 Å². The first-order valence-electron chi connectivity index (χ1n) is 6.44. The Labute approximate surface area is 124 Å². The number of hydrogen-bond donors (Lipinski definition) is 2. The highest BCUT2D eigenvalue weighted by Crippen LogP contribution is 2.11. The minimum atomic E-state index is -0.181. The van der Waals surface area contributed by atoms with Crippen molar-refractivity contribution in [2.75, 3.05) is 39.9 Å². The van der Waals surface area contributed by atoms with Crippen molar-refractivity contribution in [2.45, 2.75) is 19.3 Å². The van der Waals surface area contributed by atoms with Crippen molar-refractivity contribution in [3.63, 3.8) is 0 Å². The van der Waals surface area contributed by atoms with Gasteiger partial charge in [0.2, 0.25) is 17.7 Å². The van der Waals surface area contributed by atoms with Gasteiger partial charge < -0.3 is 15.4 Å². The van der Waals surface area contributed by atoms with Crippen LogP contribution in [0.4, 0.5) is 0 Å². The SMILES string of the molecule is COCCNCCNC(=O)CCN1C(=O)CCC1=O.Cl. The zero-order chi connectivity index (χ0) is 14.1. The molecule has 0 bridgehead atoms. The largest absolute Gasteiger partial charge is 0.383 e. The molecular weight excluding hydrogens is 286 g/mol. The van der Waals surface area contributed by atoms with Crippen LogP contribution in [-0.4, -0.2) is 62.5 Å².